The highest BCUT2D eigenvalue weighted by Crippen LogP contribution is 2.30. The van der Waals surface area contributed by atoms with Crippen LogP contribution in [0, 0.1) is 6.92 Å². The molecule has 27 heavy (non-hydrogen) atoms. The first-order chi connectivity index (χ1) is 13.0. The van der Waals surface area contributed by atoms with E-state index in [1.54, 1.807) is 11.8 Å². The van der Waals surface area contributed by atoms with Gasteiger partial charge < -0.3 is 14.1 Å². The maximum absolute atomic E-state index is 13.2. The Kier molecular flexibility index (Phi) is 5.74. The number of ketones is 1. The molecule has 6 nitrogen and oxygen atoms in total. The fraction of sp³-hybridized carbons (Fsp3) is 0.381. The van der Waals surface area contributed by atoms with Crippen LogP contribution >= 0.6 is 0 Å². The molecule has 1 amide bonds. The number of fused-ring (bicyclic) bond motifs is 1. The molecule has 6 heteroatoms. The third-order valence-corrected chi connectivity index (χ3v) is 4.82. The molecule has 142 valence electrons. The minimum Gasteiger partial charge on any atom is -0.469 e. The van der Waals surface area contributed by atoms with Crippen LogP contribution in [-0.4, -0.2) is 36.2 Å². The van der Waals surface area contributed by atoms with Crippen molar-refractivity contribution in [1.82, 2.24) is 4.90 Å². The Bertz CT molecular complexity index is 853. The van der Waals surface area contributed by atoms with E-state index in [4.69, 9.17) is 9.15 Å². The molecule has 0 bridgehead atoms. The number of hydrogen-bond acceptors (Lipinski definition) is 5. The molecule has 0 aliphatic heterocycles. The van der Waals surface area contributed by atoms with Gasteiger partial charge in [0.15, 0.2) is 11.5 Å². The van der Waals surface area contributed by atoms with Gasteiger partial charge in [-0.1, -0.05) is 30.3 Å². The van der Waals surface area contributed by atoms with Crippen LogP contribution in [-0.2, 0) is 22.5 Å². The van der Waals surface area contributed by atoms with Crippen molar-refractivity contribution in [2.75, 3.05) is 13.7 Å². The van der Waals surface area contributed by atoms with Crippen LogP contribution in [0.2, 0.25) is 0 Å². The smallest absolute Gasteiger partial charge is 0.307 e. The zero-order valence-corrected chi connectivity index (χ0v) is 15.6. The SMILES string of the molecule is COC(=O)CCN(Cc1ccccc1)C(=O)c1oc2c(c1C)C(=O)CCC2. The summed E-state index contributed by atoms with van der Waals surface area (Å²) in [5.41, 5.74) is 2.09. The van der Waals surface area contributed by atoms with Crippen molar-refractivity contribution in [2.45, 2.75) is 39.2 Å². The van der Waals surface area contributed by atoms with Crippen molar-refractivity contribution >= 4 is 17.7 Å². The maximum atomic E-state index is 13.2. The molecule has 0 N–H and O–H groups in total. The number of carbonyl (C=O) groups is 3. The van der Waals surface area contributed by atoms with Crippen molar-refractivity contribution in [3.63, 3.8) is 0 Å². The van der Waals surface area contributed by atoms with Crippen molar-refractivity contribution < 1.29 is 23.5 Å². The molecule has 1 heterocycles. The van der Waals surface area contributed by atoms with Gasteiger partial charge in [0.05, 0.1) is 19.1 Å². The summed E-state index contributed by atoms with van der Waals surface area (Å²) in [6.45, 7) is 2.30. The fourth-order valence-corrected chi connectivity index (χ4v) is 3.38. The molecule has 0 spiro atoms. The maximum Gasteiger partial charge on any atom is 0.307 e. The predicted octanol–water partition coefficient (Wildman–Crippen LogP) is 3.31. The van der Waals surface area contributed by atoms with Gasteiger partial charge in [-0.2, -0.15) is 0 Å². The average Bonchev–Trinajstić information content (AvgIpc) is 3.03. The number of aryl methyl sites for hydroxylation is 1. The largest absolute Gasteiger partial charge is 0.469 e. The van der Waals surface area contributed by atoms with Crippen LogP contribution in [0.4, 0.5) is 0 Å². The Morgan fingerprint density at radius 1 is 1.19 bits per heavy atom. The second-order valence-electron chi connectivity index (χ2n) is 6.67. The second kappa shape index (κ2) is 8.20. The number of rotatable bonds is 6. The lowest BCUT2D eigenvalue weighted by Gasteiger charge is -2.21. The lowest BCUT2D eigenvalue weighted by atomic mass is 9.94. The summed E-state index contributed by atoms with van der Waals surface area (Å²) >= 11 is 0. The molecule has 1 aromatic carbocycles. The lowest BCUT2D eigenvalue weighted by molar-refractivity contribution is -0.140. The topological polar surface area (TPSA) is 76.8 Å². The van der Waals surface area contributed by atoms with E-state index in [2.05, 4.69) is 0 Å². The van der Waals surface area contributed by atoms with E-state index < -0.39 is 0 Å². The lowest BCUT2D eigenvalue weighted by Crippen LogP contribution is -2.33. The van der Waals surface area contributed by atoms with E-state index in [9.17, 15) is 14.4 Å². The van der Waals surface area contributed by atoms with Gasteiger partial charge in [0, 0.05) is 31.5 Å². The minimum atomic E-state index is -0.383. The Labute approximate surface area is 158 Å². The van der Waals surface area contributed by atoms with Crippen LogP contribution < -0.4 is 0 Å². The molecular formula is C21H23NO5. The van der Waals surface area contributed by atoms with Crippen LogP contribution in [0.15, 0.2) is 34.7 Å². The van der Waals surface area contributed by atoms with Gasteiger partial charge in [0.2, 0.25) is 0 Å². The van der Waals surface area contributed by atoms with Crippen molar-refractivity contribution in [3.8, 4) is 0 Å². The Hall–Kier alpha value is -2.89. The van der Waals surface area contributed by atoms with Gasteiger partial charge in [-0.05, 0) is 18.9 Å². The number of methoxy groups -OCH3 is 1. The molecule has 2 aromatic rings. The average molecular weight is 369 g/mol. The number of benzene rings is 1. The summed E-state index contributed by atoms with van der Waals surface area (Å²) in [6, 6.07) is 9.53. The monoisotopic (exact) mass is 369 g/mol. The zero-order chi connectivity index (χ0) is 19.4. The van der Waals surface area contributed by atoms with Gasteiger partial charge in [-0.3, -0.25) is 14.4 Å². The highest BCUT2D eigenvalue weighted by Gasteiger charge is 2.31. The molecule has 0 unspecified atom stereocenters. The molecule has 1 aliphatic rings. The van der Waals surface area contributed by atoms with Crippen LogP contribution in [0.1, 0.15) is 57.1 Å². The van der Waals surface area contributed by atoms with E-state index in [1.807, 2.05) is 30.3 Å². The highest BCUT2D eigenvalue weighted by molar-refractivity contribution is 6.03. The first-order valence-electron chi connectivity index (χ1n) is 9.06. The normalized spacial score (nSPS) is 13.2. The molecule has 0 atom stereocenters. The number of nitrogens with zero attached hydrogens (tertiary/aromatic N) is 1. The minimum absolute atomic E-state index is 0.0284. The van der Waals surface area contributed by atoms with Gasteiger partial charge in [0.1, 0.15) is 5.76 Å². The molecule has 0 saturated carbocycles. The third-order valence-electron chi connectivity index (χ3n) is 4.82. The number of ether oxygens (including phenoxy) is 1. The van der Waals surface area contributed by atoms with Crippen molar-refractivity contribution in [3.05, 3.63) is 58.5 Å². The van der Waals surface area contributed by atoms with Crippen LogP contribution in [0.3, 0.4) is 0 Å². The molecule has 1 aliphatic carbocycles. The van der Waals surface area contributed by atoms with Crippen LogP contribution in [0.25, 0.3) is 0 Å². The molecular weight excluding hydrogens is 346 g/mol. The molecule has 0 radical (unpaired) electrons. The van der Waals surface area contributed by atoms with Crippen molar-refractivity contribution in [2.24, 2.45) is 0 Å². The molecule has 0 fully saturated rings. The van der Waals surface area contributed by atoms with E-state index >= 15 is 0 Å². The number of amides is 1. The summed E-state index contributed by atoms with van der Waals surface area (Å²) in [7, 11) is 1.32. The standard InChI is InChI=1S/C21H23NO5/c1-14-19-16(23)9-6-10-17(19)27-20(14)21(25)22(12-11-18(24)26-2)13-15-7-4-3-5-8-15/h3-5,7-8H,6,9-13H2,1-2H3. The summed E-state index contributed by atoms with van der Waals surface area (Å²) in [5, 5.41) is 0. The zero-order valence-electron chi connectivity index (χ0n) is 15.6. The van der Waals surface area contributed by atoms with E-state index in [0.29, 0.717) is 36.3 Å². The molecule has 1 aromatic heterocycles. The van der Waals surface area contributed by atoms with E-state index in [0.717, 1.165) is 12.0 Å². The van der Waals surface area contributed by atoms with Crippen LogP contribution in [0.5, 0.6) is 0 Å². The quantitative estimate of drug-likeness (QED) is 0.730. The number of esters is 1. The first kappa shape index (κ1) is 18.9. The second-order valence-corrected chi connectivity index (χ2v) is 6.67. The van der Waals surface area contributed by atoms with Gasteiger partial charge in [0.25, 0.3) is 5.91 Å². The summed E-state index contributed by atoms with van der Waals surface area (Å²) in [5.74, 6) is 0.116. The third kappa shape index (κ3) is 4.10. The van der Waals surface area contributed by atoms with Gasteiger partial charge >= 0.3 is 5.97 Å². The Morgan fingerprint density at radius 2 is 1.93 bits per heavy atom. The van der Waals surface area contributed by atoms with Gasteiger partial charge in [-0.15, -0.1) is 0 Å². The number of Topliss-reactive ketones (excluding diaryl/α,β-unsaturated/α-hetero) is 1. The molecule has 3 rings (SSSR count). The molecule has 0 saturated heterocycles. The Morgan fingerprint density at radius 3 is 2.59 bits per heavy atom. The number of hydrogen-bond donors (Lipinski definition) is 0. The fourth-order valence-electron chi connectivity index (χ4n) is 3.38. The number of carbonyl (C=O) groups excluding carboxylic acids is 3. The highest BCUT2D eigenvalue weighted by atomic mass is 16.5. The van der Waals surface area contributed by atoms with Gasteiger partial charge in [-0.25, -0.2) is 0 Å². The van der Waals surface area contributed by atoms with E-state index in [1.165, 1.54) is 7.11 Å². The van der Waals surface area contributed by atoms with E-state index in [-0.39, 0.29) is 36.4 Å². The van der Waals surface area contributed by atoms with Crippen molar-refractivity contribution in [1.29, 1.82) is 0 Å². The predicted molar refractivity (Wildman–Crippen MR) is 98.5 cm³/mol. The summed E-state index contributed by atoms with van der Waals surface area (Å²) < 4.78 is 10.5. The summed E-state index contributed by atoms with van der Waals surface area (Å²) in [4.78, 5) is 38.5. The Balaban J connectivity index is 1.88. The first-order valence-corrected chi connectivity index (χ1v) is 9.06. The summed E-state index contributed by atoms with van der Waals surface area (Å²) in [6.07, 6.45) is 1.98. The number of furan rings is 1.